The molecule has 6 heteroatoms. The summed E-state index contributed by atoms with van der Waals surface area (Å²) in [6.07, 6.45) is 0. The van der Waals surface area contributed by atoms with Gasteiger partial charge in [-0.3, -0.25) is 9.59 Å². The van der Waals surface area contributed by atoms with Crippen molar-refractivity contribution in [3.8, 4) is 5.75 Å². The zero-order chi connectivity index (χ0) is 20.5. The lowest BCUT2D eigenvalue weighted by molar-refractivity contribution is -0.118. The minimum Gasteiger partial charge on any atom is -0.482 e. The van der Waals surface area contributed by atoms with E-state index < -0.39 is 0 Å². The molecule has 0 aliphatic carbocycles. The molecule has 0 radical (unpaired) electrons. The van der Waals surface area contributed by atoms with Gasteiger partial charge in [-0.05, 0) is 50.6 Å². The second-order valence-electron chi connectivity index (χ2n) is 7.24. The van der Waals surface area contributed by atoms with Gasteiger partial charge in [0, 0.05) is 17.1 Å². The van der Waals surface area contributed by atoms with E-state index in [2.05, 4.69) is 34.3 Å². The molecule has 6 nitrogen and oxygen atoms in total. The predicted molar refractivity (Wildman–Crippen MR) is 113 cm³/mol. The van der Waals surface area contributed by atoms with E-state index in [0.29, 0.717) is 22.7 Å². The van der Waals surface area contributed by atoms with Crippen molar-refractivity contribution in [2.75, 3.05) is 17.2 Å². The highest BCUT2D eigenvalue weighted by molar-refractivity contribution is 6.06. The van der Waals surface area contributed by atoms with Crippen LogP contribution in [-0.4, -0.2) is 23.0 Å². The summed E-state index contributed by atoms with van der Waals surface area (Å²) in [5, 5.41) is 5.68. The molecule has 1 aliphatic rings. The van der Waals surface area contributed by atoms with Gasteiger partial charge < -0.3 is 19.9 Å². The summed E-state index contributed by atoms with van der Waals surface area (Å²) in [6, 6.07) is 17.5. The first-order chi connectivity index (χ1) is 13.9. The van der Waals surface area contributed by atoms with Crippen molar-refractivity contribution in [2.24, 2.45) is 0 Å². The van der Waals surface area contributed by atoms with Crippen LogP contribution in [0.15, 0.2) is 54.6 Å². The van der Waals surface area contributed by atoms with Gasteiger partial charge in [0.25, 0.3) is 11.8 Å². The summed E-state index contributed by atoms with van der Waals surface area (Å²) in [4.78, 5) is 24.5. The summed E-state index contributed by atoms with van der Waals surface area (Å²) in [5.41, 5.74) is 4.90. The van der Waals surface area contributed by atoms with Crippen molar-refractivity contribution in [2.45, 2.75) is 26.8 Å². The molecule has 4 rings (SSSR count). The molecule has 0 bridgehead atoms. The van der Waals surface area contributed by atoms with Crippen LogP contribution in [0.1, 0.15) is 40.3 Å². The van der Waals surface area contributed by atoms with Gasteiger partial charge in [0.15, 0.2) is 6.61 Å². The molecule has 1 aliphatic heterocycles. The second kappa shape index (κ2) is 7.47. The number of carbonyl (C=O) groups is 2. The zero-order valence-electron chi connectivity index (χ0n) is 16.7. The molecule has 1 atom stereocenters. The fourth-order valence-corrected chi connectivity index (χ4v) is 3.84. The molecular weight excluding hydrogens is 366 g/mol. The molecule has 2 heterocycles. The molecule has 2 aromatic carbocycles. The maximum absolute atomic E-state index is 12.9. The number of fused-ring (bicyclic) bond motifs is 1. The molecule has 2 amide bonds. The molecule has 2 N–H and O–H groups in total. The molecule has 0 saturated heterocycles. The zero-order valence-corrected chi connectivity index (χ0v) is 16.7. The van der Waals surface area contributed by atoms with Crippen LogP contribution in [0.5, 0.6) is 5.75 Å². The monoisotopic (exact) mass is 389 g/mol. The maximum Gasteiger partial charge on any atom is 0.262 e. The predicted octanol–water partition coefficient (Wildman–Crippen LogP) is 4.30. The summed E-state index contributed by atoms with van der Waals surface area (Å²) in [6.45, 7) is 6.10. The SMILES string of the molecule is Cc1cc(C(=O)Nc2ccc3c(c2)NC(=O)CO3)c(C)n1[C@H](C)c1ccccc1. The lowest BCUT2D eigenvalue weighted by atomic mass is 10.1. The number of nitrogens with zero attached hydrogens (tertiary/aromatic N) is 1. The van der Waals surface area contributed by atoms with Gasteiger partial charge in [-0.15, -0.1) is 0 Å². The number of nitrogens with one attached hydrogen (secondary N) is 2. The summed E-state index contributed by atoms with van der Waals surface area (Å²) < 4.78 is 7.53. The summed E-state index contributed by atoms with van der Waals surface area (Å²) in [7, 11) is 0. The number of ether oxygens (including phenoxy) is 1. The Bertz CT molecular complexity index is 1090. The molecule has 29 heavy (non-hydrogen) atoms. The lowest BCUT2D eigenvalue weighted by Crippen LogP contribution is -2.25. The standard InChI is InChI=1S/C23H23N3O3/c1-14-11-19(16(3)26(14)15(2)17-7-5-4-6-8-17)23(28)24-18-9-10-21-20(12-18)25-22(27)13-29-21/h4-12,15H,13H2,1-3H3,(H,24,28)(H,25,27)/t15-/m1/s1. The third-order valence-electron chi connectivity index (χ3n) is 5.27. The number of aryl methyl sites for hydroxylation is 1. The average Bonchev–Trinajstić information content (AvgIpc) is 3.02. The van der Waals surface area contributed by atoms with Crippen LogP contribution >= 0.6 is 0 Å². The molecule has 3 aromatic rings. The van der Waals surface area contributed by atoms with E-state index in [1.54, 1.807) is 18.2 Å². The fourth-order valence-electron chi connectivity index (χ4n) is 3.84. The Kier molecular flexibility index (Phi) is 4.84. The fraction of sp³-hybridized carbons (Fsp3) is 0.217. The third kappa shape index (κ3) is 3.61. The van der Waals surface area contributed by atoms with Gasteiger partial charge in [-0.2, -0.15) is 0 Å². The first-order valence-electron chi connectivity index (χ1n) is 9.55. The average molecular weight is 389 g/mol. The number of hydrogen-bond donors (Lipinski definition) is 2. The van der Waals surface area contributed by atoms with Crippen LogP contribution in [0.25, 0.3) is 0 Å². The quantitative estimate of drug-likeness (QED) is 0.699. The van der Waals surface area contributed by atoms with E-state index >= 15 is 0 Å². The first-order valence-corrected chi connectivity index (χ1v) is 9.55. The maximum atomic E-state index is 12.9. The normalized spacial score (nSPS) is 13.8. The van der Waals surface area contributed by atoms with Gasteiger partial charge in [-0.1, -0.05) is 30.3 Å². The molecule has 0 saturated carbocycles. The van der Waals surface area contributed by atoms with Crippen LogP contribution in [0, 0.1) is 13.8 Å². The number of carbonyl (C=O) groups excluding carboxylic acids is 2. The molecule has 0 spiro atoms. The van der Waals surface area contributed by atoms with Crippen LogP contribution < -0.4 is 15.4 Å². The van der Waals surface area contributed by atoms with Gasteiger partial charge in [0.2, 0.25) is 0 Å². The number of hydrogen-bond acceptors (Lipinski definition) is 3. The van der Waals surface area contributed by atoms with Gasteiger partial charge in [0.1, 0.15) is 5.75 Å². The van der Waals surface area contributed by atoms with Crippen LogP contribution in [0.2, 0.25) is 0 Å². The first kappa shape index (κ1) is 18.8. The van der Waals surface area contributed by atoms with Gasteiger partial charge in [0.05, 0.1) is 17.3 Å². The smallest absolute Gasteiger partial charge is 0.262 e. The van der Waals surface area contributed by atoms with E-state index in [1.165, 1.54) is 5.56 Å². The van der Waals surface area contributed by atoms with Crippen LogP contribution in [-0.2, 0) is 4.79 Å². The summed E-state index contributed by atoms with van der Waals surface area (Å²) in [5.74, 6) is 0.199. The van der Waals surface area contributed by atoms with E-state index in [1.807, 2.05) is 38.1 Å². The van der Waals surface area contributed by atoms with Crippen molar-refractivity contribution in [3.05, 3.63) is 77.1 Å². The van der Waals surface area contributed by atoms with Crippen molar-refractivity contribution < 1.29 is 14.3 Å². The van der Waals surface area contributed by atoms with E-state index in [0.717, 1.165) is 11.4 Å². The largest absolute Gasteiger partial charge is 0.482 e. The van der Waals surface area contributed by atoms with Crippen LogP contribution in [0.4, 0.5) is 11.4 Å². The Balaban J connectivity index is 1.59. The van der Waals surface area contributed by atoms with Gasteiger partial charge in [-0.25, -0.2) is 0 Å². The Hall–Kier alpha value is -3.54. The minimum atomic E-state index is -0.209. The highest BCUT2D eigenvalue weighted by Gasteiger charge is 2.21. The Morgan fingerprint density at radius 2 is 1.90 bits per heavy atom. The lowest BCUT2D eigenvalue weighted by Gasteiger charge is -2.19. The van der Waals surface area contributed by atoms with E-state index in [-0.39, 0.29) is 24.5 Å². The minimum absolute atomic E-state index is 0.00426. The Morgan fingerprint density at radius 1 is 1.14 bits per heavy atom. The molecule has 0 unspecified atom stereocenters. The van der Waals surface area contributed by atoms with E-state index in [4.69, 9.17) is 4.74 Å². The molecule has 148 valence electrons. The second-order valence-corrected chi connectivity index (χ2v) is 7.24. The van der Waals surface area contributed by atoms with Gasteiger partial charge >= 0.3 is 0 Å². The number of amides is 2. The molecular formula is C23H23N3O3. The highest BCUT2D eigenvalue weighted by Crippen LogP contribution is 2.31. The molecule has 1 aromatic heterocycles. The Morgan fingerprint density at radius 3 is 2.66 bits per heavy atom. The number of aromatic nitrogens is 1. The van der Waals surface area contributed by atoms with Crippen molar-refractivity contribution >= 4 is 23.2 Å². The van der Waals surface area contributed by atoms with Crippen LogP contribution in [0.3, 0.4) is 0 Å². The number of rotatable bonds is 4. The summed E-state index contributed by atoms with van der Waals surface area (Å²) >= 11 is 0. The third-order valence-corrected chi connectivity index (χ3v) is 5.27. The number of anilines is 2. The number of benzene rings is 2. The van der Waals surface area contributed by atoms with Crippen molar-refractivity contribution in [1.29, 1.82) is 0 Å². The van der Waals surface area contributed by atoms with Crippen molar-refractivity contribution in [3.63, 3.8) is 0 Å². The topological polar surface area (TPSA) is 72.4 Å². The Labute approximate surface area is 169 Å². The molecule has 0 fully saturated rings. The van der Waals surface area contributed by atoms with E-state index in [9.17, 15) is 9.59 Å². The highest BCUT2D eigenvalue weighted by atomic mass is 16.5. The van der Waals surface area contributed by atoms with Crippen molar-refractivity contribution in [1.82, 2.24) is 4.57 Å².